The van der Waals surface area contributed by atoms with Crippen molar-refractivity contribution in [3.8, 4) is 11.5 Å². The van der Waals surface area contributed by atoms with Crippen LogP contribution in [0.5, 0.6) is 0 Å². The second-order valence-corrected chi connectivity index (χ2v) is 4.64. The maximum atomic E-state index is 5.60. The van der Waals surface area contributed by atoms with Gasteiger partial charge in [0, 0.05) is 22.3 Å². The number of nitrogens with zero attached hydrogens (tertiary/aromatic N) is 2. The number of aryl methyl sites for hydroxylation is 2. The molecule has 0 aliphatic heterocycles. The lowest BCUT2D eigenvalue weighted by Crippen LogP contribution is -1.84. The van der Waals surface area contributed by atoms with Gasteiger partial charge in [0.2, 0.25) is 11.8 Å². The molecule has 0 atom stereocenters. The second kappa shape index (κ2) is 4.97. The van der Waals surface area contributed by atoms with E-state index in [-0.39, 0.29) is 0 Å². The summed E-state index contributed by atoms with van der Waals surface area (Å²) in [6.45, 7) is 2.02. The molecule has 84 valence electrons. The third kappa shape index (κ3) is 2.44. The van der Waals surface area contributed by atoms with Crippen molar-refractivity contribution in [2.24, 2.45) is 0 Å². The summed E-state index contributed by atoms with van der Waals surface area (Å²) in [5.41, 5.74) is 2.06. The highest BCUT2D eigenvalue weighted by Crippen LogP contribution is 2.24. The van der Waals surface area contributed by atoms with Crippen LogP contribution in [0, 0.1) is 6.92 Å². The van der Waals surface area contributed by atoms with Crippen LogP contribution in [0.25, 0.3) is 11.5 Å². The van der Waals surface area contributed by atoms with Crippen LogP contribution in [0.15, 0.2) is 27.1 Å². The van der Waals surface area contributed by atoms with Crippen LogP contribution in [-0.4, -0.2) is 16.1 Å². The molecule has 0 fully saturated rings. The number of rotatable bonds is 3. The zero-order valence-electron chi connectivity index (χ0n) is 8.70. The predicted octanol–water partition coefficient (Wildman–Crippen LogP) is 3.59. The molecule has 3 nitrogen and oxygen atoms in total. The predicted molar refractivity (Wildman–Crippen MR) is 66.6 cm³/mol. The van der Waals surface area contributed by atoms with Crippen LogP contribution < -0.4 is 0 Å². The number of alkyl halides is 1. The van der Waals surface area contributed by atoms with E-state index in [1.165, 1.54) is 0 Å². The lowest BCUT2D eigenvalue weighted by Gasteiger charge is -1.99. The molecule has 0 saturated carbocycles. The van der Waals surface area contributed by atoms with E-state index in [2.05, 4.69) is 26.1 Å². The third-order valence-corrected chi connectivity index (χ3v) is 3.26. The Morgan fingerprint density at radius 1 is 1.38 bits per heavy atom. The molecule has 1 aromatic heterocycles. The van der Waals surface area contributed by atoms with Gasteiger partial charge >= 0.3 is 0 Å². The van der Waals surface area contributed by atoms with Crippen molar-refractivity contribution >= 4 is 27.5 Å². The van der Waals surface area contributed by atoms with Crippen molar-refractivity contribution in [1.82, 2.24) is 10.2 Å². The zero-order valence-corrected chi connectivity index (χ0v) is 11.0. The molecule has 0 bridgehead atoms. The molecule has 0 aliphatic carbocycles. The quantitative estimate of drug-likeness (QED) is 0.813. The van der Waals surface area contributed by atoms with Gasteiger partial charge in [0.1, 0.15) is 0 Å². The minimum atomic E-state index is 0.487. The third-order valence-electron chi connectivity index (χ3n) is 2.18. The summed E-state index contributed by atoms with van der Waals surface area (Å²) in [5, 5.41) is 7.91. The molecule has 5 heteroatoms. The van der Waals surface area contributed by atoms with Crippen LogP contribution >= 0.6 is 27.5 Å². The highest BCUT2D eigenvalue weighted by Gasteiger charge is 2.08. The number of hydrogen-bond acceptors (Lipinski definition) is 3. The van der Waals surface area contributed by atoms with Crippen LogP contribution in [-0.2, 0) is 6.42 Å². The average Bonchev–Trinajstić information content (AvgIpc) is 2.71. The van der Waals surface area contributed by atoms with Gasteiger partial charge in [0.25, 0.3) is 0 Å². The molecule has 0 unspecified atom stereocenters. The van der Waals surface area contributed by atoms with E-state index in [1.807, 2.05) is 25.1 Å². The fraction of sp³-hybridized carbons (Fsp3) is 0.273. The highest BCUT2D eigenvalue weighted by molar-refractivity contribution is 9.10. The van der Waals surface area contributed by atoms with Crippen molar-refractivity contribution in [2.45, 2.75) is 13.3 Å². The second-order valence-electron chi connectivity index (χ2n) is 3.40. The molecule has 2 rings (SSSR count). The smallest absolute Gasteiger partial charge is 0.247 e. The van der Waals surface area contributed by atoms with Crippen molar-refractivity contribution in [3.05, 3.63) is 34.1 Å². The van der Waals surface area contributed by atoms with E-state index < -0.39 is 0 Å². The Morgan fingerprint density at radius 3 is 2.88 bits per heavy atom. The summed E-state index contributed by atoms with van der Waals surface area (Å²) in [4.78, 5) is 0. The summed E-state index contributed by atoms with van der Waals surface area (Å²) in [6, 6.07) is 5.91. The average molecular weight is 302 g/mol. The summed E-state index contributed by atoms with van der Waals surface area (Å²) in [7, 11) is 0. The van der Waals surface area contributed by atoms with Gasteiger partial charge in [-0.05, 0) is 30.7 Å². The van der Waals surface area contributed by atoms with Crippen LogP contribution in [0.4, 0.5) is 0 Å². The van der Waals surface area contributed by atoms with Gasteiger partial charge in [-0.2, -0.15) is 0 Å². The lowest BCUT2D eigenvalue weighted by molar-refractivity contribution is 0.513. The number of halogens is 2. The monoisotopic (exact) mass is 300 g/mol. The molecule has 2 aromatic rings. The van der Waals surface area contributed by atoms with Crippen molar-refractivity contribution < 1.29 is 4.42 Å². The van der Waals surface area contributed by atoms with Crippen molar-refractivity contribution in [3.63, 3.8) is 0 Å². The summed E-state index contributed by atoms with van der Waals surface area (Å²) >= 11 is 9.05. The van der Waals surface area contributed by atoms with Gasteiger partial charge < -0.3 is 4.42 Å². The minimum Gasteiger partial charge on any atom is -0.421 e. The standard InChI is InChI=1S/C11H10BrClN2O/c1-7-6-8(2-3-9(7)12)11-15-14-10(16-11)4-5-13/h2-3,6H,4-5H2,1H3. The Bertz CT molecular complexity index is 498. The molecule has 1 aromatic carbocycles. The van der Waals surface area contributed by atoms with E-state index in [4.69, 9.17) is 16.0 Å². The van der Waals surface area contributed by atoms with Crippen molar-refractivity contribution in [1.29, 1.82) is 0 Å². The Morgan fingerprint density at radius 2 is 2.19 bits per heavy atom. The molecule has 0 spiro atoms. The Hall–Kier alpha value is -0.870. The molecule has 0 radical (unpaired) electrons. The summed E-state index contributed by atoms with van der Waals surface area (Å²) in [5.74, 6) is 1.60. The van der Waals surface area contributed by atoms with Gasteiger partial charge in [0.05, 0.1) is 0 Å². The Balaban J connectivity index is 2.31. The van der Waals surface area contributed by atoms with Gasteiger partial charge in [0.15, 0.2) is 0 Å². The van der Waals surface area contributed by atoms with E-state index in [1.54, 1.807) is 0 Å². The fourth-order valence-corrected chi connectivity index (χ4v) is 1.74. The van der Waals surface area contributed by atoms with Gasteiger partial charge in [-0.25, -0.2) is 0 Å². The number of hydrogen-bond donors (Lipinski definition) is 0. The topological polar surface area (TPSA) is 38.9 Å². The van der Waals surface area contributed by atoms with E-state index in [0.717, 1.165) is 15.6 Å². The van der Waals surface area contributed by atoms with Gasteiger partial charge in [-0.3, -0.25) is 0 Å². The van der Waals surface area contributed by atoms with Crippen LogP contribution in [0.2, 0.25) is 0 Å². The first-order valence-corrected chi connectivity index (χ1v) is 6.18. The molecule has 0 saturated heterocycles. The molecule has 0 amide bonds. The van der Waals surface area contributed by atoms with Crippen LogP contribution in [0.3, 0.4) is 0 Å². The lowest BCUT2D eigenvalue weighted by atomic mass is 10.1. The SMILES string of the molecule is Cc1cc(-c2nnc(CCCl)o2)ccc1Br. The highest BCUT2D eigenvalue weighted by atomic mass is 79.9. The van der Waals surface area contributed by atoms with E-state index >= 15 is 0 Å². The normalized spacial score (nSPS) is 10.7. The molecule has 0 aliphatic rings. The first-order chi connectivity index (χ1) is 7.70. The largest absolute Gasteiger partial charge is 0.421 e. The van der Waals surface area contributed by atoms with E-state index in [9.17, 15) is 0 Å². The molecular formula is C11H10BrClN2O. The summed E-state index contributed by atoms with van der Waals surface area (Å²) in [6.07, 6.45) is 0.601. The zero-order chi connectivity index (χ0) is 11.5. The summed E-state index contributed by atoms with van der Waals surface area (Å²) < 4.78 is 6.55. The minimum absolute atomic E-state index is 0.487. The first-order valence-electron chi connectivity index (χ1n) is 4.85. The molecule has 16 heavy (non-hydrogen) atoms. The van der Waals surface area contributed by atoms with Gasteiger partial charge in [-0.15, -0.1) is 21.8 Å². The molecular weight excluding hydrogens is 291 g/mol. The van der Waals surface area contributed by atoms with Gasteiger partial charge in [-0.1, -0.05) is 15.9 Å². The maximum Gasteiger partial charge on any atom is 0.247 e. The number of benzene rings is 1. The van der Waals surface area contributed by atoms with Crippen molar-refractivity contribution in [2.75, 3.05) is 5.88 Å². The fourth-order valence-electron chi connectivity index (χ4n) is 1.33. The maximum absolute atomic E-state index is 5.60. The Labute approximate surface area is 107 Å². The first kappa shape index (κ1) is 11.6. The Kier molecular flexibility index (Phi) is 3.61. The van der Waals surface area contributed by atoms with Crippen LogP contribution in [0.1, 0.15) is 11.5 Å². The number of aromatic nitrogens is 2. The molecule has 0 N–H and O–H groups in total. The van der Waals surface area contributed by atoms with E-state index in [0.29, 0.717) is 24.1 Å². The molecule has 1 heterocycles.